The Morgan fingerprint density at radius 2 is 1.65 bits per heavy atom. The van der Waals surface area contributed by atoms with Gasteiger partial charge in [-0.15, -0.1) is 11.3 Å². The number of aliphatic hydroxyl groups excluding tert-OH is 1. The minimum atomic E-state index is -0.289. The van der Waals surface area contributed by atoms with E-state index in [9.17, 15) is 9.90 Å². The standard InChI is InChI=1S/C30H25N5O4S/c1-3-38-24-14-19-13-20(17-36)33-27(23(19)16-25(24)39-4-2)18-9-10-31-26(15-18)35-30(37)22-8-6-5-7-21(22)28(34-35)29-32-11-12-40-29/h5-16,36H,3-4,17H2,1-2H3. The Labute approximate surface area is 233 Å². The first-order chi connectivity index (χ1) is 19.6. The normalized spacial score (nSPS) is 11.3. The molecular formula is C30H25N5O4S. The smallest absolute Gasteiger partial charge is 0.280 e. The third-order valence-electron chi connectivity index (χ3n) is 6.39. The van der Waals surface area contributed by atoms with Gasteiger partial charge in [-0.2, -0.15) is 9.78 Å². The van der Waals surface area contributed by atoms with E-state index < -0.39 is 0 Å². The van der Waals surface area contributed by atoms with Crippen molar-refractivity contribution in [2.24, 2.45) is 0 Å². The SMILES string of the molecule is CCOc1cc2cc(CO)nc(-c3ccnc(-n4nc(-c5nccs5)c5ccccc5c4=O)c3)c2cc1OCC. The third kappa shape index (κ3) is 4.57. The molecule has 0 fully saturated rings. The number of ether oxygens (including phenoxy) is 2. The summed E-state index contributed by atoms with van der Waals surface area (Å²) >= 11 is 1.45. The van der Waals surface area contributed by atoms with Gasteiger partial charge in [0.25, 0.3) is 5.56 Å². The first-order valence-corrected chi connectivity index (χ1v) is 13.7. The van der Waals surface area contributed by atoms with Gasteiger partial charge in [0.2, 0.25) is 0 Å². The van der Waals surface area contributed by atoms with E-state index in [0.29, 0.717) is 63.6 Å². The van der Waals surface area contributed by atoms with Gasteiger partial charge < -0.3 is 14.6 Å². The molecule has 1 N–H and O–H groups in total. The van der Waals surface area contributed by atoms with Crippen LogP contribution in [-0.4, -0.2) is 43.1 Å². The molecule has 200 valence electrons. The maximum atomic E-state index is 13.6. The highest BCUT2D eigenvalue weighted by molar-refractivity contribution is 7.13. The van der Waals surface area contributed by atoms with Gasteiger partial charge in [0.05, 0.1) is 36.6 Å². The molecule has 10 heteroatoms. The van der Waals surface area contributed by atoms with Crippen molar-refractivity contribution in [2.45, 2.75) is 20.5 Å². The topological polar surface area (TPSA) is 112 Å². The molecule has 40 heavy (non-hydrogen) atoms. The predicted octanol–water partition coefficient (Wildman–Crippen LogP) is 5.41. The van der Waals surface area contributed by atoms with Gasteiger partial charge >= 0.3 is 0 Å². The highest BCUT2D eigenvalue weighted by Crippen LogP contribution is 2.37. The Morgan fingerprint density at radius 1 is 0.875 bits per heavy atom. The summed E-state index contributed by atoms with van der Waals surface area (Å²) in [4.78, 5) is 27.3. The van der Waals surface area contributed by atoms with Crippen molar-refractivity contribution in [3.8, 4) is 39.3 Å². The zero-order valence-electron chi connectivity index (χ0n) is 21.9. The number of aliphatic hydroxyl groups is 1. The van der Waals surface area contributed by atoms with E-state index >= 15 is 0 Å². The Hall–Kier alpha value is -4.67. The first kappa shape index (κ1) is 25.6. The summed E-state index contributed by atoms with van der Waals surface area (Å²) < 4.78 is 13.0. The van der Waals surface area contributed by atoms with Crippen LogP contribution in [0.4, 0.5) is 0 Å². The molecule has 4 heterocycles. The predicted molar refractivity (Wildman–Crippen MR) is 155 cm³/mol. The number of nitrogens with zero attached hydrogens (tertiary/aromatic N) is 5. The van der Waals surface area contributed by atoms with Crippen LogP contribution in [0.2, 0.25) is 0 Å². The number of fused-ring (bicyclic) bond motifs is 2. The molecule has 0 amide bonds. The molecule has 0 atom stereocenters. The lowest BCUT2D eigenvalue weighted by molar-refractivity contribution is 0.277. The average molecular weight is 552 g/mol. The molecule has 0 aliphatic heterocycles. The monoisotopic (exact) mass is 551 g/mol. The van der Waals surface area contributed by atoms with Gasteiger partial charge in [-0.1, -0.05) is 18.2 Å². The fourth-order valence-corrected chi connectivity index (χ4v) is 5.31. The summed E-state index contributed by atoms with van der Waals surface area (Å²) in [6.07, 6.45) is 3.33. The Balaban J connectivity index is 1.57. The lowest BCUT2D eigenvalue weighted by atomic mass is 10.0. The first-order valence-electron chi connectivity index (χ1n) is 12.8. The number of benzene rings is 2. The number of hydrogen-bond acceptors (Lipinski definition) is 9. The number of hydrogen-bond donors (Lipinski definition) is 1. The summed E-state index contributed by atoms with van der Waals surface area (Å²) in [7, 11) is 0. The lowest BCUT2D eigenvalue weighted by Gasteiger charge is -2.15. The molecule has 9 nitrogen and oxygen atoms in total. The van der Waals surface area contributed by atoms with E-state index in [2.05, 4.69) is 9.97 Å². The molecular weight excluding hydrogens is 526 g/mol. The summed E-state index contributed by atoms with van der Waals surface area (Å²) in [6, 6.07) is 16.6. The second-order valence-electron chi connectivity index (χ2n) is 8.86. The molecule has 0 unspecified atom stereocenters. The number of thiazole rings is 1. The van der Waals surface area contributed by atoms with Gasteiger partial charge in [-0.3, -0.25) is 4.79 Å². The van der Waals surface area contributed by atoms with Crippen molar-refractivity contribution in [3.05, 3.63) is 88.4 Å². The van der Waals surface area contributed by atoms with Gasteiger partial charge in [0.15, 0.2) is 17.3 Å². The van der Waals surface area contributed by atoms with Crippen LogP contribution in [-0.2, 0) is 6.61 Å². The fourth-order valence-electron chi connectivity index (χ4n) is 4.68. The molecule has 0 saturated heterocycles. The van der Waals surface area contributed by atoms with Crippen LogP contribution in [0.15, 0.2) is 77.2 Å². The van der Waals surface area contributed by atoms with Crippen LogP contribution in [0.3, 0.4) is 0 Å². The Bertz CT molecular complexity index is 1900. The Morgan fingerprint density at radius 3 is 2.38 bits per heavy atom. The largest absolute Gasteiger partial charge is 0.490 e. The van der Waals surface area contributed by atoms with Crippen molar-refractivity contribution in [2.75, 3.05) is 13.2 Å². The minimum absolute atomic E-state index is 0.235. The van der Waals surface area contributed by atoms with E-state index in [4.69, 9.17) is 19.6 Å². The molecule has 0 radical (unpaired) electrons. The molecule has 2 aromatic carbocycles. The van der Waals surface area contributed by atoms with Crippen molar-refractivity contribution in [3.63, 3.8) is 0 Å². The average Bonchev–Trinajstić information content (AvgIpc) is 3.52. The number of aromatic nitrogens is 5. The maximum Gasteiger partial charge on any atom is 0.280 e. The van der Waals surface area contributed by atoms with E-state index in [1.165, 1.54) is 16.0 Å². The van der Waals surface area contributed by atoms with E-state index in [1.807, 2.05) is 61.7 Å². The van der Waals surface area contributed by atoms with Crippen LogP contribution in [0.25, 0.3) is 49.3 Å². The maximum absolute atomic E-state index is 13.6. The summed E-state index contributed by atoms with van der Waals surface area (Å²) in [5.41, 5.74) is 2.13. The van der Waals surface area contributed by atoms with E-state index in [0.717, 1.165) is 16.2 Å². The van der Waals surface area contributed by atoms with Crippen molar-refractivity contribution >= 4 is 32.9 Å². The molecule has 0 bridgehead atoms. The Kier molecular flexibility index (Phi) is 6.93. The molecule has 6 aromatic rings. The van der Waals surface area contributed by atoms with Crippen LogP contribution in [0.5, 0.6) is 11.5 Å². The summed E-state index contributed by atoms with van der Waals surface area (Å²) in [5, 5.41) is 20.2. The molecule has 6 rings (SSSR count). The molecule has 0 aliphatic carbocycles. The van der Waals surface area contributed by atoms with Gasteiger partial charge in [-0.05, 0) is 55.6 Å². The minimum Gasteiger partial charge on any atom is -0.490 e. The van der Waals surface area contributed by atoms with Gasteiger partial charge in [0.1, 0.15) is 10.7 Å². The second-order valence-corrected chi connectivity index (χ2v) is 9.75. The van der Waals surface area contributed by atoms with Crippen LogP contribution >= 0.6 is 11.3 Å². The fraction of sp³-hybridized carbons (Fsp3) is 0.167. The number of pyridine rings is 2. The number of rotatable bonds is 8. The summed E-state index contributed by atoms with van der Waals surface area (Å²) in [5.74, 6) is 1.56. The second kappa shape index (κ2) is 10.8. The zero-order valence-corrected chi connectivity index (χ0v) is 22.7. The zero-order chi connectivity index (χ0) is 27.6. The van der Waals surface area contributed by atoms with Crippen LogP contribution in [0, 0.1) is 0 Å². The molecule has 4 aromatic heterocycles. The molecule has 0 aliphatic rings. The lowest BCUT2D eigenvalue weighted by Crippen LogP contribution is -2.23. The van der Waals surface area contributed by atoms with Crippen molar-refractivity contribution in [1.82, 2.24) is 24.7 Å². The highest BCUT2D eigenvalue weighted by Gasteiger charge is 2.18. The van der Waals surface area contributed by atoms with Crippen molar-refractivity contribution in [1.29, 1.82) is 0 Å². The van der Waals surface area contributed by atoms with Gasteiger partial charge in [0, 0.05) is 34.1 Å². The van der Waals surface area contributed by atoms with Crippen molar-refractivity contribution < 1.29 is 14.6 Å². The van der Waals surface area contributed by atoms with Crippen LogP contribution < -0.4 is 15.0 Å². The molecule has 0 saturated carbocycles. The van der Waals surface area contributed by atoms with Crippen LogP contribution in [0.1, 0.15) is 19.5 Å². The van der Waals surface area contributed by atoms with E-state index in [1.54, 1.807) is 24.5 Å². The highest BCUT2D eigenvalue weighted by atomic mass is 32.1. The third-order valence-corrected chi connectivity index (χ3v) is 7.17. The molecule has 0 spiro atoms. The van der Waals surface area contributed by atoms with E-state index in [-0.39, 0.29) is 12.2 Å². The van der Waals surface area contributed by atoms with Gasteiger partial charge in [-0.25, -0.2) is 15.0 Å². The quantitative estimate of drug-likeness (QED) is 0.267. The summed E-state index contributed by atoms with van der Waals surface area (Å²) in [6.45, 7) is 4.55.